The SMILES string of the molecule is COc1ccc(CN2C(=O)COCC2C(O)c2ccc(NC(=O)c3cnccn3)cc2)cc1. The number of nitrogens with one attached hydrogen (secondary N) is 1. The highest BCUT2D eigenvalue weighted by molar-refractivity contribution is 6.02. The van der Waals surface area contributed by atoms with Gasteiger partial charge in [-0.1, -0.05) is 24.3 Å². The van der Waals surface area contributed by atoms with Gasteiger partial charge in [0.25, 0.3) is 5.91 Å². The zero-order valence-electron chi connectivity index (χ0n) is 18.0. The quantitative estimate of drug-likeness (QED) is 0.570. The Morgan fingerprint density at radius 1 is 1.21 bits per heavy atom. The van der Waals surface area contributed by atoms with Gasteiger partial charge in [-0.25, -0.2) is 4.98 Å². The molecule has 2 unspecified atom stereocenters. The van der Waals surface area contributed by atoms with Crippen molar-refractivity contribution < 1.29 is 24.2 Å². The minimum Gasteiger partial charge on any atom is -0.497 e. The number of rotatable bonds is 7. The van der Waals surface area contributed by atoms with E-state index in [1.807, 2.05) is 24.3 Å². The molecule has 1 saturated heterocycles. The summed E-state index contributed by atoms with van der Waals surface area (Å²) in [5, 5.41) is 13.8. The first-order valence-corrected chi connectivity index (χ1v) is 10.4. The van der Waals surface area contributed by atoms with Crippen LogP contribution >= 0.6 is 0 Å². The molecule has 1 fully saturated rings. The fourth-order valence-electron chi connectivity index (χ4n) is 3.62. The summed E-state index contributed by atoms with van der Waals surface area (Å²) in [6.45, 7) is 0.543. The maximum atomic E-state index is 12.6. The highest BCUT2D eigenvalue weighted by Gasteiger charge is 2.34. The zero-order chi connectivity index (χ0) is 23.2. The summed E-state index contributed by atoms with van der Waals surface area (Å²) in [5.41, 5.74) is 2.28. The Bertz CT molecular complexity index is 1090. The first kappa shape index (κ1) is 22.4. The van der Waals surface area contributed by atoms with Crippen LogP contribution in [0.4, 0.5) is 5.69 Å². The lowest BCUT2D eigenvalue weighted by Gasteiger charge is -2.38. The van der Waals surface area contributed by atoms with Crippen molar-refractivity contribution in [2.75, 3.05) is 25.6 Å². The molecule has 0 bridgehead atoms. The second-order valence-corrected chi connectivity index (χ2v) is 7.56. The summed E-state index contributed by atoms with van der Waals surface area (Å²) in [7, 11) is 1.60. The molecule has 4 rings (SSSR count). The van der Waals surface area contributed by atoms with Crippen molar-refractivity contribution in [2.24, 2.45) is 0 Å². The van der Waals surface area contributed by atoms with Crippen molar-refractivity contribution in [3.05, 3.63) is 83.9 Å². The van der Waals surface area contributed by atoms with E-state index < -0.39 is 12.1 Å². The number of methoxy groups -OCH3 is 1. The number of ether oxygens (including phenoxy) is 2. The molecule has 2 amide bonds. The second kappa shape index (κ2) is 10.2. The van der Waals surface area contributed by atoms with Gasteiger partial charge in [0.1, 0.15) is 24.2 Å². The third kappa shape index (κ3) is 5.33. The standard InChI is InChI=1S/C24H24N4O5/c1-32-19-8-2-16(3-9-19)13-28-21(14-33-15-22(28)29)23(30)17-4-6-18(7-5-17)27-24(31)20-12-25-10-11-26-20/h2-12,21,23,30H,13-15H2,1H3,(H,27,31). The number of nitrogens with zero attached hydrogens (tertiary/aromatic N) is 3. The van der Waals surface area contributed by atoms with Crippen LogP contribution in [0.25, 0.3) is 0 Å². The third-order valence-corrected chi connectivity index (χ3v) is 5.42. The number of aromatic nitrogens is 2. The topological polar surface area (TPSA) is 114 Å². The average Bonchev–Trinajstić information content (AvgIpc) is 2.86. The Morgan fingerprint density at radius 2 is 1.97 bits per heavy atom. The van der Waals surface area contributed by atoms with Gasteiger partial charge in [0.05, 0.1) is 26.0 Å². The van der Waals surface area contributed by atoms with E-state index >= 15 is 0 Å². The van der Waals surface area contributed by atoms with Crippen LogP contribution in [-0.4, -0.2) is 58.2 Å². The van der Waals surface area contributed by atoms with Crippen molar-refractivity contribution in [2.45, 2.75) is 18.7 Å². The molecular weight excluding hydrogens is 424 g/mol. The molecule has 2 aromatic carbocycles. The van der Waals surface area contributed by atoms with E-state index in [0.29, 0.717) is 17.8 Å². The largest absolute Gasteiger partial charge is 0.497 e. The monoisotopic (exact) mass is 448 g/mol. The predicted octanol–water partition coefficient (Wildman–Crippen LogP) is 2.20. The van der Waals surface area contributed by atoms with Crippen molar-refractivity contribution in [1.29, 1.82) is 0 Å². The molecule has 1 aromatic heterocycles. The number of carbonyl (C=O) groups excluding carboxylic acids is 2. The van der Waals surface area contributed by atoms with E-state index in [9.17, 15) is 14.7 Å². The number of hydrogen-bond acceptors (Lipinski definition) is 7. The summed E-state index contributed by atoms with van der Waals surface area (Å²) in [4.78, 5) is 34.3. The van der Waals surface area contributed by atoms with E-state index in [1.54, 1.807) is 36.3 Å². The Morgan fingerprint density at radius 3 is 2.64 bits per heavy atom. The molecule has 9 heteroatoms. The Kier molecular flexibility index (Phi) is 6.92. The van der Waals surface area contributed by atoms with E-state index in [2.05, 4.69) is 15.3 Å². The fourth-order valence-corrected chi connectivity index (χ4v) is 3.62. The molecule has 1 aliphatic heterocycles. The Labute approximate surface area is 191 Å². The number of amides is 2. The molecule has 33 heavy (non-hydrogen) atoms. The van der Waals surface area contributed by atoms with Gasteiger partial charge < -0.3 is 24.8 Å². The second-order valence-electron chi connectivity index (χ2n) is 7.56. The van der Waals surface area contributed by atoms with Crippen LogP contribution in [0, 0.1) is 0 Å². The Hall–Kier alpha value is -3.82. The molecule has 0 spiro atoms. The fraction of sp³-hybridized carbons (Fsp3) is 0.250. The van der Waals surface area contributed by atoms with Gasteiger partial charge in [-0.2, -0.15) is 0 Å². The van der Waals surface area contributed by atoms with Gasteiger partial charge in [0.15, 0.2) is 0 Å². The van der Waals surface area contributed by atoms with Crippen LogP contribution in [0.2, 0.25) is 0 Å². The summed E-state index contributed by atoms with van der Waals surface area (Å²) in [5.74, 6) is 0.164. The van der Waals surface area contributed by atoms with E-state index in [4.69, 9.17) is 9.47 Å². The predicted molar refractivity (Wildman–Crippen MR) is 120 cm³/mol. The lowest BCUT2D eigenvalue weighted by atomic mass is 9.99. The van der Waals surface area contributed by atoms with E-state index in [1.165, 1.54) is 18.6 Å². The molecule has 0 aliphatic carbocycles. The molecule has 0 radical (unpaired) electrons. The molecule has 1 aliphatic rings. The Balaban J connectivity index is 1.46. The van der Waals surface area contributed by atoms with Crippen molar-refractivity contribution in [1.82, 2.24) is 14.9 Å². The maximum Gasteiger partial charge on any atom is 0.275 e. The molecule has 2 N–H and O–H groups in total. The number of hydrogen-bond donors (Lipinski definition) is 2. The summed E-state index contributed by atoms with van der Waals surface area (Å²) in [6.07, 6.45) is 3.35. The first-order valence-electron chi connectivity index (χ1n) is 10.4. The molecular formula is C24H24N4O5. The van der Waals surface area contributed by atoms with E-state index in [-0.39, 0.29) is 30.7 Å². The molecule has 9 nitrogen and oxygen atoms in total. The van der Waals surface area contributed by atoms with Gasteiger partial charge in [0.2, 0.25) is 5.91 Å². The molecule has 2 atom stereocenters. The van der Waals surface area contributed by atoms with Crippen molar-refractivity contribution in [3.63, 3.8) is 0 Å². The summed E-state index contributed by atoms with van der Waals surface area (Å²) in [6, 6.07) is 13.7. The van der Waals surface area contributed by atoms with Gasteiger partial charge in [-0.15, -0.1) is 0 Å². The molecule has 170 valence electrons. The smallest absolute Gasteiger partial charge is 0.275 e. The van der Waals surface area contributed by atoms with Crippen molar-refractivity contribution >= 4 is 17.5 Å². The zero-order valence-corrected chi connectivity index (χ0v) is 18.0. The molecule has 3 aromatic rings. The normalized spacial score (nSPS) is 16.8. The maximum absolute atomic E-state index is 12.6. The number of carbonyl (C=O) groups is 2. The summed E-state index contributed by atoms with van der Waals surface area (Å²) < 4.78 is 10.6. The number of aliphatic hydroxyl groups excluding tert-OH is 1. The van der Waals surface area contributed by atoms with Crippen LogP contribution in [-0.2, 0) is 16.1 Å². The van der Waals surface area contributed by atoms with Gasteiger partial charge in [0, 0.05) is 24.6 Å². The molecule has 2 heterocycles. The number of benzene rings is 2. The van der Waals surface area contributed by atoms with Gasteiger partial charge in [-0.05, 0) is 35.4 Å². The number of anilines is 1. The van der Waals surface area contributed by atoms with Crippen LogP contribution in [0.1, 0.15) is 27.7 Å². The van der Waals surface area contributed by atoms with Crippen LogP contribution in [0.3, 0.4) is 0 Å². The highest BCUT2D eigenvalue weighted by Crippen LogP contribution is 2.27. The lowest BCUT2D eigenvalue weighted by molar-refractivity contribution is -0.155. The van der Waals surface area contributed by atoms with Crippen molar-refractivity contribution in [3.8, 4) is 5.75 Å². The van der Waals surface area contributed by atoms with Gasteiger partial charge >= 0.3 is 0 Å². The minimum atomic E-state index is -0.961. The number of aliphatic hydroxyl groups is 1. The van der Waals surface area contributed by atoms with E-state index in [0.717, 1.165) is 11.3 Å². The first-order chi connectivity index (χ1) is 16.0. The highest BCUT2D eigenvalue weighted by atomic mass is 16.5. The van der Waals surface area contributed by atoms with Crippen LogP contribution < -0.4 is 10.1 Å². The lowest BCUT2D eigenvalue weighted by Crippen LogP contribution is -2.51. The molecule has 0 saturated carbocycles. The van der Waals surface area contributed by atoms with Crippen LogP contribution in [0.5, 0.6) is 5.75 Å². The minimum absolute atomic E-state index is 0.0211. The average molecular weight is 448 g/mol. The summed E-state index contributed by atoms with van der Waals surface area (Å²) >= 11 is 0. The van der Waals surface area contributed by atoms with Crippen LogP contribution in [0.15, 0.2) is 67.1 Å². The number of morpholine rings is 1. The van der Waals surface area contributed by atoms with Gasteiger partial charge in [-0.3, -0.25) is 14.6 Å². The third-order valence-electron chi connectivity index (χ3n) is 5.42.